The average molecular weight is 259 g/mol. The van der Waals surface area contributed by atoms with Crippen molar-refractivity contribution in [3.8, 4) is 11.8 Å². The van der Waals surface area contributed by atoms with Crippen molar-refractivity contribution in [2.45, 2.75) is 26.3 Å². The molecule has 0 aliphatic rings. The first-order valence-corrected chi connectivity index (χ1v) is 6.86. The van der Waals surface area contributed by atoms with Crippen LogP contribution in [-0.4, -0.2) is 16.1 Å². The average Bonchev–Trinajstić information content (AvgIpc) is 2.96. The summed E-state index contributed by atoms with van der Waals surface area (Å²) in [5.41, 5.74) is 6.49. The van der Waals surface area contributed by atoms with Gasteiger partial charge >= 0.3 is 0 Å². The van der Waals surface area contributed by atoms with Crippen molar-refractivity contribution < 1.29 is 0 Å². The number of hydrogen-bond donors (Lipinski definition) is 1. The Morgan fingerprint density at radius 1 is 1.50 bits per heavy atom. The summed E-state index contributed by atoms with van der Waals surface area (Å²) in [6.07, 6.45) is 3.88. The van der Waals surface area contributed by atoms with E-state index >= 15 is 0 Å². The maximum absolute atomic E-state index is 5.41. The standard InChI is InChI=1S/C14H17N3S/c1-11(2)14-16-7-8-17(14)10-13-12(4-3-6-15)5-9-18-13/h5,7-9,11H,6,10,15H2,1-2H3. The molecule has 2 N–H and O–H groups in total. The Balaban J connectivity index is 2.24. The lowest BCUT2D eigenvalue weighted by molar-refractivity contribution is 0.674. The van der Waals surface area contributed by atoms with Gasteiger partial charge in [0.05, 0.1) is 13.1 Å². The molecule has 2 aromatic heterocycles. The highest BCUT2D eigenvalue weighted by Gasteiger charge is 2.09. The zero-order valence-corrected chi connectivity index (χ0v) is 11.5. The van der Waals surface area contributed by atoms with Crippen molar-refractivity contribution in [3.05, 3.63) is 40.1 Å². The lowest BCUT2D eigenvalue weighted by Crippen LogP contribution is -2.05. The van der Waals surface area contributed by atoms with E-state index in [0.717, 1.165) is 17.9 Å². The van der Waals surface area contributed by atoms with E-state index in [2.05, 4.69) is 46.7 Å². The van der Waals surface area contributed by atoms with E-state index < -0.39 is 0 Å². The summed E-state index contributed by atoms with van der Waals surface area (Å²) in [5, 5.41) is 2.07. The Bertz CT molecular complexity index is 569. The summed E-state index contributed by atoms with van der Waals surface area (Å²) in [6.45, 7) is 5.54. The molecule has 18 heavy (non-hydrogen) atoms. The quantitative estimate of drug-likeness (QED) is 0.860. The summed E-state index contributed by atoms with van der Waals surface area (Å²) in [4.78, 5) is 5.66. The smallest absolute Gasteiger partial charge is 0.111 e. The number of rotatable bonds is 3. The van der Waals surface area contributed by atoms with Crippen LogP contribution in [-0.2, 0) is 6.54 Å². The van der Waals surface area contributed by atoms with Crippen LogP contribution in [0.2, 0.25) is 0 Å². The predicted molar refractivity (Wildman–Crippen MR) is 75.7 cm³/mol. The third kappa shape index (κ3) is 2.81. The highest BCUT2D eigenvalue weighted by atomic mass is 32.1. The van der Waals surface area contributed by atoms with Gasteiger partial charge in [-0.25, -0.2) is 4.98 Å². The first kappa shape index (κ1) is 12.9. The molecule has 0 spiro atoms. The molecule has 0 aliphatic heterocycles. The summed E-state index contributed by atoms with van der Waals surface area (Å²) in [6, 6.07) is 2.05. The molecule has 4 heteroatoms. The number of nitrogens with two attached hydrogens (primary N) is 1. The van der Waals surface area contributed by atoms with Gasteiger partial charge in [-0.15, -0.1) is 11.3 Å². The largest absolute Gasteiger partial charge is 0.329 e. The van der Waals surface area contributed by atoms with Crippen LogP contribution >= 0.6 is 11.3 Å². The molecule has 0 unspecified atom stereocenters. The Morgan fingerprint density at radius 3 is 3.06 bits per heavy atom. The number of nitrogens with zero attached hydrogens (tertiary/aromatic N) is 2. The van der Waals surface area contributed by atoms with Crippen LogP contribution in [0.4, 0.5) is 0 Å². The van der Waals surface area contributed by atoms with E-state index in [0.29, 0.717) is 12.5 Å². The maximum Gasteiger partial charge on any atom is 0.111 e. The Kier molecular flexibility index (Phi) is 4.19. The lowest BCUT2D eigenvalue weighted by atomic mass is 10.2. The lowest BCUT2D eigenvalue weighted by Gasteiger charge is -2.09. The minimum atomic E-state index is 0.400. The van der Waals surface area contributed by atoms with Crippen molar-refractivity contribution in [3.63, 3.8) is 0 Å². The topological polar surface area (TPSA) is 43.8 Å². The van der Waals surface area contributed by atoms with Crippen LogP contribution in [0.5, 0.6) is 0 Å². The molecule has 0 saturated carbocycles. The molecule has 0 radical (unpaired) electrons. The fourth-order valence-electron chi connectivity index (χ4n) is 1.83. The third-order valence-electron chi connectivity index (χ3n) is 2.65. The molecule has 2 heterocycles. The van der Waals surface area contributed by atoms with E-state index in [1.807, 2.05) is 12.4 Å². The minimum absolute atomic E-state index is 0.400. The number of thiophene rings is 1. The van der Waals surface area contributed by atoms with Crippen LogP contribution < -0.4 is 5.73 Å². The molecular formula is C14H17N3S. The molecule has 2 rings (SSSR count). The SMILES string of the molecule is CC(C)c1nccn1Cc1sccc1C#CCN. The second kappa shape index (κ2) is 5.85. The van der Waals surface area contributed by atoms with Crippen LogP contribution in [0, 0.1) is 11.8 Å². The van der Waals surface area contributed by atoms with Gasteiger partial charge in [0.25, 0.3) is 0 Å². The van der Waals surface area contributed by atoms with Crippen LogP contribution in [0.25, 0.3) is 0 Å². The molecule has 0 bridgehead atoms. The monoisotopic (exact) mass is 259 g/mol. The second-order valence-corrected chi connectivity index (χ2v) is 5.33. The highest BCUT2D eigenvalue weighted by molar-refractivity contribution is 7.10. The Morgan fingerprint density at radius 2 is 2.33 bits per heavy atom. The van der Waals surface area contributed by atoms with Crippen molar-refractivity contribution in [1.29, 1.82) is 0 Å². The zero-order chi connectivity index (χ0) is 13.0. The van der Waals surface area contributed by atoms with Gasteiger partial charge in [0.2, 0.25) is 0 Å². The van der Waals surface area contributed by atoms with Gasteiger partial charge < -0.3 is 10.3 Å². The third-order valence-corrected chi connectivity index (χ3v) is 3.55. The van der Waals surface area contributed by atoms with E-state index in [1.165, 1.54) is 4.88 Å². The number of aromatic nitrogens is 2. The number of hydrogen-bond acceptors (Lipinski definition) is 3. The van der Waals surface area contributed by atoms with Gasteiger partial charge in [-0.3, -0.25) is 0 Å². The van der Waals surface area contributed by atoms with Crippen LogP contribution in [0.15, 0.2) is 23.8 Å². The summed E-state index contributed by atoms with van der Waals surface area (Å²) >= 11 is 1.73. The molecule has 2 aromatic rings. The zero-order valence-electron chi connectivity index (χ0n) is 10.7. The van der Waals surface area contributed by atoms with Crippen LogP contribution in [0.1, 0.15) is 36.0 Å². The molecule has 0 saturated heterocycles. The second-order valence-electron chi connectivity index (χ2n) is 4.33. The predicted octanol–water partition coefficient (Wildman–Crippen LogP) is 2.43. The molecular weight excluding hydrogens is 242 g/mol. The minimum Gasteiger partial charge on any atom is -0.329 e. The Hall–Kier alpha value is -1.57. The molecule has 0 aliphatic carbocycles. The van der Waals surface area contributed by atoms with Crippen molar-refractivity contribution in [2.75, 3.05) is 6.54 Å². The van der Waals surface area contributed by atoms with Gasteiger partial charge in [0.15, 0.2) is 0 Å². The summed E-state index contributed by atoms with van der Waals surface area (Å²) in [5.74, 6) is 7.56. The first-order chi connectivity index (χ1) is 8.72. The van der Waals surface area contributed by atoms with E-state index in [4.69, 9.17) is 5.73 Å². The van der Waals surface area contributed by atoms with Crippen molar-refractivity contribution in [1.82, 2.24) is 9.55 Å². The van der Waals surface area contributed by atoms with Gasteiger partial charge in [-0.2, -0.15) is 0 Å². The van der Waals surface area contributed by atoms with E-state index in [1.54, 1.807) is 11.3 Å². The fraction of sp³-hybridized carbons (Fsp3) is 0.357. The van der Waals surface area contributed by atoms with Gasteiger partial charge in [-0.05, 0) is 11.4 Å². The normalized spacial score (nSPS) is 10.4. The van der Waals surface area contributed by atoms with Crippen molar-refractivity contribution >= 4 is 11.3 Å². The summed E-state index contributed by atoms with van der Waals surface area (Å²) < 4.78 is 2.18. The number of imidazole rings is 1. The van der Waals surface area contributed by atoms with E-state index in [9.17, 15) is 0 Å². The first-order valence-electron chi connectivity index (χ1n) is 5.98. The molecule has 94 valence electrons. The Labute approximate surface area is 112 Å². The molecule has 0 atom stereocenters. The van der Waals surface area contributed by atoms with Gasteiger partial charge in [-0.1, -0.05) is 25.7 Å². The molecule has 0 amide bonds. The van der Waals surface area contributed by atoms with Gasteiger partial charge in [0.1, 0.15) is 5.82 Å². The molecule has 0 fully saturated rings. The molecule has 3 nitrogen and oxygen atoms in total. The molecule has 0 aromatic carbocycles. The highest BCUT2D eigenvalue weighted by Crippen LogP contribution is 2.20. The van der Waals surface area contributed by atoms with Gasteiger partial charge in [0, 0.05) is 28.8 Å². The maximum atomic E-state index is 5.41. The van der Waals surface area contributed by atoms with Crippen molar-refractivity contribution in [2.24, 2.45) is 5.73 Å². The van der Waals surface area contributed by atoms with Crippen LogP contribution in [0.3, 0.4) is 0 Å². The summed E-state index contributed by atoms with van der Waals surface area (Å²) in [7, 11) is 0. The van der Waals surface area contributed by atoms with E-state index in [-0.39, 0.29) is 0 Å². The fourth-order valence-corrected chi connectivity index (χ4v) is 2.66.